The van der Waals surface area contributed by atoms with Crippen LogP contribution in [0.25, 0.3) is 0 Å². The number of hydrogen-bond donors (Lipinski definition) is 1. The van der Waals surface area contributed by atoms with Gasteiger partial charge in [0, 0.05) is 19.2 Å². The molecule has 6 nitrogen and oxygen atoms in total. The minimum atomic E-state index is -0.411. The van der Waals surface area contributed by atoms with Crippen LogP contribution in [0.3, 0.4) is 0 Å². The molecule has 0 radical (unpaired) electrons. The summed E-state index contributed by atoms with van der Waals surface area (Å²) >= 11 is 1.11. The van der Waals surface area contributed by atoms with Gasteiger partial charge in [-0.1, -0.05) is 0 Å². The Hall–Kier alpha value is -1.21. The predicted molar refractivity (Wildman–Crippen MR) is 65.5 cm³/mol. The number of aromatic nitrogens is 1. The SMILES string of the molecule is O=[N+]([O-])c1cnc(N(CCCO)C2CCC2)s1. The molecule has 0 aromatic carbocycles. The first-order valence-electron chi connectivity index (χ1n) is 5.70. The highest BCUT2D eigenvalue weighted by atomic mass is 32.1. The molecule has 1 aliphatic rings. The number of hydrogen-bond acceptors (Lipinski definition) is 6. The van der Waals surface area contributed by atoms with Gasteiger partial charge in [0.25, 0.3) is 0 Å². The number of rotatable bonds is 6. The molecule has 1 aliphatic carbocycles. The highest BCUT2D eigenvalue weighted by Gasteiger charge is 2.27. The Labute approximate surface area is 103 Å². The van der Waals surface area contributed by atoms with Crippen LogP contribution in [0, 0.1) is 10.1 Å². The Bertz CT molecular complexity index is 392. The molecule has 1 heterocycles. The molecule has 0 aliphatic heterocycles. The van der Waals surface area contributed by atoms with Gasteiger partial charge in [0.1, 0.15) is 6.20 Å². The smallest absolute Gasteiger partial charge is 0.345 e. The first-order chi connectivity index (χ1) is 8.22. The molecular weight excluding hydrogens is 242 g/mol. The normalized spacial score (nSPS) is 15.6. The molecule has 1 aromatic heterocycles. The summed E-state index contributed by atoms with van der Waals surface area (Å²) in [5, 5.41) is 20.3. The van der Waals surface area contributed by atoms with E-state index in [0.29, 0.717) is 24.1 Å². The van der Waals surface area contributed by atoms with E-state index in [1.165, 1.54) is 12.6 Å². The van der Waals surface area contributed by atoms with Crippen molar-refractivity contribution in [3.8, 4) is 0 Å². The van der Waals surface area contributed by atoms with E-state index in [-0.39, 0.29) is 11.6 Å². The van der Waals surface area contributed by atoms with E-state index in [1.807, 2.05) is 0 Å². The van der Waals surface area contributed by atoms with Crippen molar-refractivity contribution in [2.24, 2.45) is 0 Å². The average Bonchev–Trinajstić information content (AvgIpc) is 2.70. The Morgan fingerprint density at radius 2 is 2.41 bits per heavy atom. The van der Waals surface area contributed by atoms with Gasteiger partial charge in [-0.2, -0.15) is 0 Å². The summed E-state index contributed by atoms with van der Waals surface area (Å²) in [6.07, 6.45) is 5.40. The molecule has 17 heavy (non-hydrogen) atoms. The maximum Gasteiger partial charge on any atom is 0.345 e. The summed E-state index contributed by atoms with van der Waals surface area (Å²) in [4.78, 5) is 16.4. The van der Waals surface area contributed by atoms with Crippen LogP contribution in [0.1, 0.15) is 25.7 Å². The summed E-state index contributed by atoms with van der Waals surface area (Å²) in [7, 11) is 0. The van der Waals surface area contributed by atoms with Crippen molar-refractivity contribution >= 4 is 21.5 Å². The second-order valence-electron chi connectivity index (χ2n) is 4.09. The van der Waals surface area contributed by atoms with Gasteiger partial charge in [-0.15, -0.1) is 0 Å². The maximum absolute atomic E-state index is 10.6. The fraction of sp³-hybridized carbons (Fsp3) is 0.700. The number of aliphatic hydroxyl groups excluding tert-OH is 1. The molecule has 2 rings (SSSR count). The largest absolute Gasteiger partial charge is 0.396 e. The lowest BCUT2D eigenvalue weighted by atomic mass is 9.92. The quantitative estimate of drug-likeness (QED) is 0.621. The van der Waals surface area contributed by atoms with Gasteiger partial charge in [-0.05, 0) is 37.0 Å². The van der Waals surface area contributed by atoms with Gasteiger partial charge in [0.2, 0.25) is 0 Å². The van der Waals surface area contributed by atoms with Gasteiger partial charge in [-0.25, -0.2) is 4.98 Å². The third-order valence-electron chi connectivity index (χ3n) is 2.98. The zero-order valence-electron chi connectivity index (χ0n) is 9.41. The highest BCUT2D eigenvalue weighted by Crippen LogP contribution is 2.34. The topological polar surface area (TPSA) is 79.5 Å². The number of thiazole rings is 1. The van der Waals surface area contributed by atoms with Crippen LogP contribution in [0.2, 0.25) is 0 Å². The standard InChI is InChI=1S/C10H15N3O3S/c14-6-2-5-12(8-3-1-4-8)10-11-7-9(17-10)13(15)16/h7-8,14H,1-6H2. The van der Waals surface area contributed by atoms with Crippen molar-refractivity contribution in [3.05, 3.63) is 16.3 Å². The zero-order valence-corrected chi connectivity index (χ0v) is 10.2. The molecule has 0 saturated heterocycles. The molecule has 94 valence electrons. The number of aliphatic hydroxyl groups is 1. The van der Waals surface area contributed by atoms with Crippen LogP contribution < -0.4 is 4.90 Å². The Balaban J connectivity index is 2.09. The molecule has 1 saturated carbocycles. The Morgan fingerprint density at radius 3 is 2.88 bits per heavy atom. The predicted octanol–water partition coefficient (Wildman–Crippen LogP) is 1.79. The lowest BCUT2D eigenvalue weighted by molar-refractivity contribution is -0.380. The van der Waals surface area contributed by atoms with Gasteiger partial charge in [0.15, 0.2) is 5.13 Å². The second kappa shape index (κ2) is 5.42. The Kier molecular flexibility index (Phi) is 3.90. The van der Waals surface area contributed by atoms with Crippen LogP contribution in [-0.2, 0) is 0 Å². The lowest BCUT2D eigenvalue weighted by Gasteiger charge is -2.37. The first-order valence-corrected chi connectivity index (χ1v) is 6.51. The van der Waals surface area contributed by atoms with Gasteiger partial charge in [0.05, 0.1) is 4.92 Å². The maximum atomic E-state index is 10.6. The molecule has 1 fully saturated rings. The first kappa shape index (κ1) is 12.3. The van der Waals surface area contributed by atoms with E-state index >= 15 is 0 Å². The molecule has 1 N–H and O–H groups in total. The van der Waals surface area contributed by atoms with Crippen molar-refractivity contribution in [2.45, 2.75) is 31.7 Å². The molecule has 1 aromatic rings. The third kappa shape index (κ3) is 2.73. The van der Waals surface area contributed by atoms with E-state index in [0.717, 1.165) is 24.2 Å². The van der Waals surface area contributed by atoms with Crippen molar-refractivity contribution in [2.75, 3.05) is 18.1 Å². The van der Waals surface area contributed by atoms with Crippen LogP contribution in [0.4, 0.5) is 10.1 Å². The molecule has 0 amide bonds. The van der Waals surface area contributed by atoms with Crippen LogP contribution in [0.5, 0.6) is 0 Å². The second-order valence-corrected chi connectivity index (χ2v) is 5.08. The molecule has 0 unspecified atom stereocenters. The molecule has 0 atom stereocenters. The van der Waals surface area contributed by atoms with Crippen LogP contribution in [0.15, 0.2) is 6.20 Å². The fourth-order valence-corrected chi connectivity index (χ4v) is 2.68. The van der Waals surface area contributed by atoms with Gasteiger partial charge >= 0.3 is 5.00 Å². The molecule has 7 heteroatoms. The minimum Gasteiger partial charge on any atom is -0.396 e. The highest BCUT2D eigenvalue weighted by molar-refractivity contribution is 7.18. The minimum absolute atomic E-state index is 0.0771. The van der Waals surface area contributed by atoms with Crippen molar-refractivity contribution in [1.29, 1.82) is 0 Å². The average molecular weight is 257 g/mol. The van der Waals surface area contributed by atoms with Crippen molar-refractivity contribution < 1.29 is 10.0 Å². The monoisotopic (exact) mass is 257 g/mol. The number of anilines is 1. The fourth-order valence-electron chi connectivity index (χ4n) is 1.85. The van der Waals surface area contributed by atoms with Gasteiger partial charge in [-0.3, -0.25) is 10.1 Å². The summed E-state index contributed by atoms with van der Waals surface area (Å²) in [6.45, 7) is 0.850. The third-order valence-corrected chi connectivity index (χ3v) is 3.97. The van der Waals surface area contributed by atoms with Gasteiger partial charge < -0.3 is 10.0 Å². The summed E-state index contributed by atoms with van der Waals surface area (Å²) in [5.41, 5.74) is 0. The number of nitrogens with zero attached hydrogens (tertiary/aromatic N) is 3. The van der Waals surface area contributed by atoms with E-state index in [2.05, 4.69) is 9.88 Å². The lowest BCUT2D eigenvalue weighted by Crippen LogP contribution is -2.41. The summed E-state index contributed by atoms with van der Waals surface area (Å²) in [6, 6.07) is 0.437. The van der Waals surface area contributed by atoms with Crippen LogP contribution >= 0.6 is 11.3 Å². The molecular formula is C10H15N3O3S. The van der Waals surface area contributed by atoms with E-state index in [1.54, 1.807) is 0 Å². The zero-order chi connectivity index (χ0) is 12.3. The number of nitro groups is 1. The van der Waals surface area contributed by atoms with E-state index in [4.69, 9.17) is 5.11 Å². The molecule has 0 bridgehead atoms. The summed E-state index contributed by atoms with van der Waals surface area (Å²) in [5.74, 6) is 0. The summed E-state index contributed by atoms with van der Waals surface area (Å²) < 4.78 is 0. The Morgan fingerprint density at radius 1 is 1.65 bits per heavy atom. The van der Waals surface area contributed by atoms with E-state index in [9.17, 15) is 10.1 Å². The van der Waals surface area contributed by atoms with Crippen molar-refractivity contribution in [3.63, 3.8) is 0 Å². The molecule has 0 spiro atoms. The van der Waals surface area contributed by atoms with Crippen molar-refractivity contribution in [1.82, 2.24) is 4.98 Å². The van der Waals surface area contributed by atoms with E-state index < -0.39 is 4.92 Å². The van der Waals surface area contributed by atoms with Crippen LogP contribution in [-0.4, -0.2) is 34.2 Å².